The summed E-state index contributed by atoms with van der Waals surface area (Å²) in [5.74, 6) is 0. The van der Waals surface area contributed by atoms with Crippen LogP contribution in [0.25, 0.3) is 0 Å². The van der Waals surface area contributed by atoms with Gasteiger partial charge in [-0.15, -0.1) is 0 Å². The number of piperidine rings is 1. The third-order valence-electron chi connectivity index (χ3n) is 3.73. The molecule has 9 heteroatoms. The molecule has 0 saturated carbocycles. The second kappa shape index (κ2) is 6.80. The molecular weight excluding hydrogens is 345 g/mol. The van der Waals surface area contributed by atoms with Crippen molar-refractivity contribution in [2.75, 3.05) is 18.0 Å². The summed E-state index contributed by atoms with van der Waals surface area (Å²) in [7, 11) is 0. The van der Waals surface area contributed by atoms with Crippen LogP contribution in [0, 0.1) is 0 Å². The third-order valence-corrected chi connectivity index (χ3v) is 4.02. The number of pyridine rings is 1. The summed E-state index contributed by atoms with van der Waals surface area (Å²) in [6.45, 7) is 1.35. The number of alkyl halides is 3. The minimum Gasteiger partial charge on any atom is -0.460 e. The average molecular weight is 359 g/mol. The molecule has 1 saturated heterocycles. The molecule has 0 atom stereocenters. The fraction of sp³-hybridized carbons (Fsp3) is 0.400. The SMILES string of the molecule is FC(F)(F)c1ccnc(OC2CCN(c3ccncc3Cl)CC2)n1. The highest BCUT2D eigenvalue weighted by Gasteiger charge is 2.33. The van der Waals surface area contributed by atoms with Crippen LogP contribution in [0.3, 0.4) is 0 Å². The van der Waals surface area contributed by atoms with E-state index in [1.165, 1.54) is 0 Å². The highest BCUT2D eigenvalue weighted by molar-refractivity contribution is 6.33. The van der Waals surface area contributed by atoms with Crippen LogP contribution in [0.2, 0.25) is 5.02 Å². The third kappa shape index (κ3) is 3.87. The molecule has 1 aliphatic rings. The van der Waals surface area contributed by atoms with Gasteiger partial charge in [0.15, 0.2) is 5.69 Å². The molecule has 5 nitrogen and oxygen atoms in total. The Bertz CT molecular complexity index is 705. The molecule has 0 spiro atoms. The largest absolute Gasteiger partial charge is 0.460 e. The molecule has 0 amide bonds. The van der Waals surface area contributed by atoms with Gasteiger partial charge in [-0.05, 0) is 12.1 Å². The zero-order valence-electron chi connectivity index (χ0n) is 12.5. The first-order chi connectivity index (χ1) is 11.4. The molecule has 0 bridgehead atoms. The van der Waals surface area contributed by atoms with E-state index < -0.39 is 11.9 Å². The summed E-state index contributed by atoms with van der Waals surface area (Å²) in [5, 5.41) is 0.568. The van der Waals surface area contributed by atoms with Crippen molar-refractivity contribution in [1.82, 2.24) is 15.0 Å². The quantitative estimate of drug-likeness (QED) is 0.839. The molecule has 0 unspecified atom stereocenters. The van der Waals surface area contributed by atoms with Crippen LogP contribution in [0.4, 0.5) is 18.9 Å². The summed E-state index contributed by atoms with van der Waals surface area (Å²) < 4.78 is 43.5. The fourth-order valence-corrected chi connectivity index (χ4v) is 2.78. The van der Waals surface area contributed by atoms with Crippen LogP contribution >= 0.6 is 11.6 Å². The number of halogens is 4. The molecule has 1 fully saturated rings. The second-order valence-electron chi connectivity index (χ2n) is 5.35. The molecule has 0 aromatic carbocycles. The van der Waals surface area contributed by atoms with Crippen LogP contribution in [0.15, 0.2) is 30.7 Å². The van der Waals surface area contributed by atoms with E-state index in [1.54, 1.807) is 12.4 Å². The molecule has 128 valence electrons. The molecule has 3 heterocycles. The zero-order chi connectivity index (χ0) is 17.2. The van der Waals surface area contributed by atoms with Crippen molar-refractivity contribution in [1.29, 1.82) is 0 Å². The Morgan fingerprint density at radius 2 is 1.92 bits per heavy atom. The lowest BCUT2D eigenvalue weighted by Crippen LogP contribution is -2.38. The zero-order valence-corrected chi connectivity index (χ0v) is 13.3. The van der Waals surface area contributed by atoms with E-state index in [1.807, 2.05) is 6.07 Å². The predicted molar refractivity (Wildman–Crippen MR) is 82.1 cm³/mol. The molecule has 0 aliphatic carbocycles. The average Bonchev–Trinajstić information content (AvgIpc) is 2.56. The summed E-state index contributed by atoms with van der Waals surface area (Å²) >= 11 is 6.12. The van der Waals surface area contributed by atoms with Crippen molar-refractivity contribution >= 4 is 17.3 Å². The normalized spacial score (nSPS) is 16.2. The van der Waals surface area contributed by atoms with Gasteiger partial charge in [-0.25, -0.2) is 4.98 Å². The summed E-state index contributed by atoms with van der Waals surface area (Å²) in [6.07, 6.45) is 0.831. The molecule has 3 rings (SSSR count). The topological polar surface area (TPSA) is 51.1 Å². The minimum absolute atomic E-state index is 0.231. The van der Waals surface area contributed by atoms with Crippen LogP contribution in [-0.2, 0) is 6.18 Å². The highest BCUT2D eigenvalue weighted by Crippen LogP contribution is 2.30. The van der Waals surface area contributed by atoms with Gasteiger partial charge in [-0.1, -0.05) is 11.6 Å². The number of nitrogens with zero attached hydrogens (tertiary/aromatic N) is 4. The monoisotopic (exact) mass is 358 g/mol. The summed E-state index contributed by atoms with van der Waals surface area (Å²) in [6, 6.07) is 2.41. The second-order valence-corrected chi connectivity index (χ2v) is 5.76. The number of rotatable bonds is 3. The van der Waals surface area contributed by atoms with Crippen LogP contribution in [-0.4, -0.2) is 34.1 Å². The lowest BCUT2D eigenvalue weighted by atomic mass is 10.1. The van der Waals surface area contributed by atoms with Crippen molar-refractivity contribution in [2.45, 2.75) is 25.1 Å². The first-order valence-corrected chi connectivity index (χ1v) is 7.72. The van der Waals surface area contributed by atoms with Crippen LogP contribution < -0.4 is 9.64 Å². The van der Waals surface area contributed by atoms with E-state index in [-0.39, 0.29) is 12.1 Å². The Hall–Kier alpha value is -2.09. The van der Waals surface area contributed by atoms with E-state index in [0.29, 0.717) is 31.0 Å². The Morgan fingerprint density at radius 1 is 1.17 bits per heavy atom. The van der Waals surface area contributed by atoms with Gasteiger partial charge in [0.05, 0.1) is 10.7 Å². The van der Waals surface area contributed by atoms with Crippen LogP contribution in [0.1, 0.15) is 18.5 Å². The summed E-state index contributed by atoms with van der Waals surface area (Å²) in [5.41, 5.74) is -0.117. The van der Waals surface area contributed by atoms with E-state index in [2.05, 4.69) is 19.9 Å². The lowest BCUT2D eigenvalue weighted by molar-refractivity contribution is -0.141. The maximum atomic E-state index is 12.7. The van der Waals surface area contributed by atoms with Gasteiger partial charge in [-0.3, -0.25) is 4.98 Å². The smallest absolute Gasteiger partial charge is 0.433 e. The molecule has 2 aromatic heterocycles. The van der Waals surface area contributed by atoms with Gasteiger partial charge in [0.2, 0.25) is 0 Å². The number of hydrogen-bond acceptors (Lipinski definition) is 5. The van der Waals surface area contributed by atoms with Gasteiger partial charge in [-0.2, -0.15) is 18.2 Å². The van der Waals surface area contributed by atoms with E-state index in [9.17, 15) is 13.2 Å². The van der Waals surface area contributed by atoms with Crippen molar-refractivity contribution < 1.29 is 17.9 Å². The standard InChI is InChI=1S/C15H14ClF3N4O/c16-11-9-20-5-1-12(11)23-7-3-10(4-8-23)24-14-21-6-2-13(22-14)15(17,18)19/h1-2,5-6,9-10H,3-4,7-8H2. The van der Waals surface area contributed by atoms with Gasteiger partial charge in [0, 0.05) is 44.5 Å². The Labute approximate surface area is 141 Å². The van der Waals surface area contributed by atoms with Gasteiger partial charge >= 0.3 is 12.2 Å². The van der Waals surface area contributed by atoms with Crippen molar-refractivity contribution in [2.24, 2.45) is 0 Å². The van der Waals surface area contributed by atoms with Gasteiger partial charge in [0.25, 0.3) is 0 Å². The first-order valence-electron chi connectivity index (χ1n) is 7.35. The Kier molecular flexibility index (Phi) is 4.75. The maximum Gasteiger partial charge on any atom is 0.433 e. The van der Waals surface area contributed by atoms with E-state index in [0.717, 1.165) is 18.0 Å². The number of aromatic nitrogens is 3. The highest BCUT2D eigenvalue weighted by atomic mass is 35.5. The van der Waals surface area contributed by atoms with Crippen molar-refractivity contribution in [3.05, 3.63) is 41.4 Å². The molecule has 2 aromatic rings. The Morgan fingerprint density at radius 3 is 2.58 bits per heavy atom. The molecule has 24 heavy (non-hydrogen) atoms. The Balaban J connectivity index is 1.61. The van der Waals surface area contributed by atoms with Crippen molar-refractivity contribution in [3.8, 4) is 6.01 Å². The van der Waals surface area contributed by atoms with E-state index >= 15 is 0 Å². The van der Waals surface area contributed by atoms with Crippen molar-refractivity contribution in [3.63, 3.8) is 0 Å². The lowest BCUT2D eigenvalue weighted by Gasteiger charge is -2.33. The van der Waals surface area contributed by atoms with Gasteiger partial charge in [0.1, 0.15) is 6.10 Å². The molecule has 0 N–H and O–H groups in total. The number of hydrogen-bond donors (Lipinski definition) is 0. The number of ether oxygens (including phenoxy) is 1. The molecular formula is C15H14ClF3N4O. The predicted octanol–water partition coefficient (Wildman–Crippen LogP) is 3.59. The van der Waals surface area contributed by atoms with Gasteiger partial charge < -0.3 is 9.64 Å². The van der Waals surface area contributed by atoms with Crippen LogP contribution in [0.5, 0.6) is 6.01 Å². The summed E-state index contributed by atoms with van der Waals surface area (Å²) in [4.78, 5) is 13.2. The minimum atomic E-state index is -4.51. The molecule has 1 aliphatic heterocycles. The number of anilines is 1. The fourth-order valence-electron chi connectivity index (χ4n) is 2.54. The molecule has 0 radical (unpaired) electrons. The van der Waals surface area contributed by atoms with E-state index in [4.69, 9.17) is 16.3 Å². The maximum absolute atomic E-state index is 12.7. The first kappa shape index (κ1) is 16.8.